The quantitative estimate of drug-likeness (QED) is 0.947. The molecule has 1 aliphatic rings. The number of piperidine rings is 1. The van der Waals surface area contributed by atoms with Gasteiger partial charge in [-0.2, -0.15) is 0 Å². The molecule has 1 aromatic carbocycles. The number of aromatic nitrogens is 1. The maximum Gasteiger partial charge on any atom is 0.256 e. The van der Waals surface area contributed by atoms with Crippen LogP contribution in [0.2, 0.25) is 0 Å². The molecular formula is C18H19N3O2. The number of hydrogen-bond acceptors (Lipinski definition) is 3. The van der Waals surface area contributed by atoms with E-state index in [4.69, 9.17) is 0 Å². The summed E-state index contributed by atoms with van der Waals surface area (Å²) in [5, 5.41) is 2.78. The van der Waals surface area contributed by atoms with Gasteiger partial charge in [0.15, 0.2) is 0 Å². The Morgan fingerprint density at radius 2 is 1.96 bits per heavy atom. The third kappa shape index (κ3) is 3.56. The molecule has 5 nitrogen and oxygen atoms in total. The normalized spacial score (nSPS) is 14.7. The number of amides is 2. The Balaban J connectivity index is 1.71. The third-order valence-corrected chi connectivity index (χ3v) is 3.92. The van der Waals surface area contributed by atoms with E-state index in [0.29, 0.717) is 17.8 Å². The van der Waals surface area contributed by atoms with E-state index < -0.39 is 0 Å². The summed E-state index contributed by atoms with van der Waals surface area (Å²) in [6.07, 6.45) is 4.24. The van der Waals surface area contributed by atoms with Crippen molar-refractivity contribution < 1.29 is 9.59 Å². The van der Waals surface area contributed by atoms with E-state index in [9.17, 15) is 9.59 Å². The molecule has 118 valence electrons. The predicted octanol–water partition coefficient (Wildman–Crippen LogP) is 3.16. The summed E-state index contributed by atoms with van der Waals surface area (Å²) in [5.74, 6) is 0.474. The molecule has 3 rings (SSSR count). The summed E-state index contributed by atoms with van der Waals surface area (Å²) in [4.78, 5) is 30.1. The number of carbonyl (C=O) groups is 2. The number of rotatable bonds is 3. The molecule has 1 saturated heterocycles. The first-order valence-electron chi connectivity index (χ1n) is 7.78. The second-order valence-electron chi connectivity index (χ2n) is 5.72. The van der Waals surface area contributed by atoms with Gasteiger partial charge in [0, 0.05) is 30.4 Å². The molecule has 5 heteroatoms. The van der Waals surface area contributed by atoms with Crippen LogP contribution in [0.15, 0.2) is 42.6 Å². The van der Waals surface area contributed by atoms with Gasteiger partial charge in [0.1, 0.15) is 5.82 Å². The molecule has 0 unspecified atom stereocenters. The highest BCUT2D eigenvalue weighted by atomic mass is 16.2. The minimum Gasteiger partial charge on any atom is -0.312 e. The zero-order valence-corrected chi connectivity index (χ0v) is 13.1. The molecule has 1 aromatic heterocycles. The zero-order chi connectivity index (χ0) is 16.2. The van der Waals surface area contributed by atoms with Gasteiger partial charge in [0.2, 0.25) is 5.91 Å². The molecule has 0 spiro atoms. The number of benzene rings is 1. The number of aryl methyl sites for hydroxylation is 1. The fourth-order valence-electron chi connectivity index (χ4n) is 2.66. The molecule has 0 atom stereocenters. The van der Waals surface area contributed by atoms with Crippen molar-refractivity contribution in [3.05, 3.63) is 53.7 Å². The first-order chi connectivity index (χ1) is 11.1. The lowest BCUT2D eigenvalue weighted by Crippen LogP contribution is -2.35. The lowest BCUT2D eigenvalue weighted by atomic mass is 10.1. The molecule has 1 fully saturated rings. The van der Waals surface area contributed by atoms with Crippen molar-refractivity contribution in [2.75, 3.05) is 16.8 Å². The van der Waals surface area contributed by atoms with Crippen LogP contribution in [-0.2, 0) is 4.79 Å². The topological polar surface area (TPSA) is 62.3 Å². The highest BCUT2D eigenvalue weighted by Gasteiger charge is 2.19. The number of carbonyl (C=O) groups excluding carboxylic acids is 2. The minimum atomic E-state index is -0.209. The summed E-state index contributed by atoms with van der Waals surface area (Å²) in [7, 11) is 0. The summed E-state index contributed by atoms with van der Waals surface area (Å²) >= 11 is 0. The first-order valence-corrected chi connectivity index (χ1v) is 7.78. The standard InChI is InChI=1S/C18H19N3O2/c1-13-9-10-19-16(12-13)20-18(23)14-5-7-15(8-6-14)21-11-3-2-4-17(21)22/h5-10,12H,2-4,11H2,1H3,(H,19,20,23). The summed E-state index contributed by atoms with van der Waals surface area (Å²) in [5.41, 5.74) is 2.43. The number of pyridine rings is 1. The Morgan fingerprint density at radius 3 is 2.65 bits per heavy atom. The lowest BCUT2D eigenvalue weighted by Gasteiger charge is -2.26. The van der Waals surface area contributed by atoms with Gasteiger partial charge in [-0.1, -0.05) is 0 Å². The number of anilines is 2. The average Bonchev–Trinajstić information content (AvgIpc) is 2.55. The van der Waals surface area contributed by atoms with Crippen LogP contribution in [0.1, 0.15) is 35.2 Å². The van der Waals surface area contributed by atoms with Crippen molar-refractivity contribution in [3.8, 4) is 0 Å². The zero-order valence-electron chi connectivity index (χ0n) is 13.1. The molecule has 0 radical (unpaired) electrons. The SMILES string of the molecule is Cc1ccnc(NC(=O)c2ccc(N3CCCCC3=O)cc2)c1. The number of nitrogens with one attached hydrogen (secondary N) is 1. The van der Waals surface area contributed by atoms with E-state index in [1.54, 1.807) is 23.2 Å². The Labute approximate surface area is 135 Å². The Kier molecular flexibility index (Phi) is 4.37. The molecular weight excluding hydrogens is 290 g/mol. The molecule has 23 heavy (non-hydrogen) atoms. The fourth-order valence-corrected chi connectivity index (χ4v) is 2.66. The molecule has 2 amide bonds. The van der Waals surface area contributed by atoms with Gasteiger partial charge in [0.25, 0.3) is 5.91 Å². The Morgan fingerprint density at radius 1 is 1.17 bits per heavy atom. The fraction of sp³-hybridized carbons (Fsp3) is 0.278. The third-order valence-electron chi connectivity index (χ3n) is 3.92. The maximum absolute atomic E-state index is 12.2. The summed E-state index contributed by atoms with van der Waals surface area (Å²) < 4.78 is 0. The van der Waals surface area contributed by atoms with Crippen LogP contribution in [-0.4, -0.2) is 23.3 Å². The van der Waals surface area contributed by atoms with E-state index in [0.717, 1.165) is 30.6 Å². The van der Waals surface area contributed by atoms with Gasteiger partial charge in [-0.15, -0.1) is 0 Å². The lowest BCUT2D eigenvalue weighted by molar-refractivity contribution is -0.119. The van der Waals surface area contributed by atoms with Gasteiger partial charge < -0.3 is 10.2 Å². The van der Waals surface area contributed by atoms with Crippen LogP contribution in [0.4, 0.5) is 11.5 Å². The van der Waals surface area contributed by atoms with E-state index in [2.05, 4.69) is 10.3 Å². The van der Waals surface area contributed by atoms with Crippen LogP contribution in [0.3, 0.4) is 0 Å². The van der Waals surface area contributed by atoms with Crippen molar-refractivity contribution in [2.24, 2.45) is 0 Å². The van der Waals surface area contributed by atoms with E-state index in [1.165, 1.54) is 0 Å². The van der Waals surface area contributed by atoms with Crippen LogP contribution < -0.4 is 10.2 Å². The smallest absolute Gasteiger partial charge is 0.256 e. The molecule has 1 aliphatic heterocycles. The highest BCUT2D eigenvalue weighted by molar-refractivity contribution is 6.04. The first kappa shape index (κ1) is 15.2. The summed E-state index contributed by atoms with van der Waals surface area (Å²) in [6.45, 7) is 2.69. The molecule has 0 aliphatic carbocycles. The maximum atomic E-state index is 12.2. The van der Waals surface area contributed by atoms with E-state index >= 15 is 0 Å². The van der Waals surface area contributed by atoms with Crippen molar-refractivity contribution >= 4 is 23.3 Å². The molecule has 2 heterocycles. The van der Waals surface area contributed by atoms with Gasteiger partial charge in [-0.05, 0) is 61.7 Å². The average molecular weight is 309 g/mol. The number of nitrogens with zero attached hydrogens (tertiary/aromatic N) is 2. The van der Waals surface area contributed by atoms with Crippen molar-refractivity contribution in [1.82, 2.24) is 4.98 Å². The monoisotopic (exact) mass is 309 g/mol. The van der Waals surface area contributed by atoms with Crippen molar-refractivity contribution in [2.45, 2.75) is 26.2 Å². The number of hydrogen-bond donors (Lipinski definition) is 1. The Bertz CT molecular complexity index is 725. The molecule has 0 bridgehead atoms. The Hall–Kier alpha value is -2.69. The molecule has 1 N–H and O–H groups in total. The van der Waals surface area contributed by atoms with Crippen LogP contribution in [0.5, 0.6) is 0 Å². The summed E-state index contributed by atoms with van der Waals surface area (Å²) in [6, 6.07) is 10.8. The van der Waals surface area contributed by atoms with Gasteiger partial charge in [-0.3, -0.25) is 9.59 Å². The largest absolute Gasteiger partial charge is 0.312 e. The van der Waals surface area contributed by atoms with Gasteiger partial charge >= 0.3 is 0 Å². The van der Waals surface area contributed by atoms with Crippen molar-refractivity contribution in [3.63, 3.8) is 0 Å². The van der Waals surface area contributed by atoms with Gasteiger partial charge in [0.05, 0.1) is 0 Å². The van der Waals surface area contributed by atoms with Crippen LogP contribution in [0.25, 0.3) is 0 Å². The highest BCUT2D eigenvalue weighted by Crippen LogP contribution is 2.21. The second-order valence-corrected chi connectivity index (χ2v) is 5.72. The van der Waals surface area contributed by atoms with E-state index in [-0.39, 0.29) is 11.8 Å². The minimum absolute atomic E-state index is 0.150. The van der Waals surface area contributed by atoms with Gasteiger partial charge in [-0.25, -0.2) is 4.98 Å². The van der Waals surface area contributed by atoms with Crippen LogP contribution >= 0.6 is 0 Å². The van der Waals surface area contributed by atoms with E-state index in [1.807, 2.05) is 31.2 Å². The second kappa shape index (κ2) is 6.60. The van der Waals surface area contributed by atoms with Crippen LogP contribution in [0, 0.1) is 6.92 Å². The predicted molar refractivity (Wildman–Crippen MR) is 89.6 cm³/mol. The van der Waals surface area contributed by atoms with Crippen molar-refractivity contribution in [1.29, 1.82) is 0 Å². The molecule has 2 aromatic rings. The molecule has 0 saturated carbocycles.